The van der Waals surface area contributed by atoms with Gasteiger partial charge in [0.2, 0.25) is 5.91 Å². The van der Waals surface area contributed by atoms with Crippen molar-refractivity contribution in [2.45, 2.75) is 20.3 Å². The summed E-state index contributed by atoms with van der Waals surface area (Å²) in [6.45, 7) is 6.25. The molecule has 0 aliphatic carbocycles. The summed E-state index contributed by atoms with van der Waals surface area (Å²) < 4.78 is 0. The van der Waals surface area contributed by atoms with Gasteiger partial charge in [-0.1, -0.05) is 35.9 Å². The van der Waals surface area contributed by atoms with Crippen LogP contribution < -0.4 is 5.32 Å². The first kappa shape index (κ1) is 20.6. The second-order valence-corrected chi connectivity index (χ2v) is 7.36. The van der Waals surface area contributed by atoms with Gasteiger partial charge in [-0.25, -0.2) is 0 Å². The lowest BCUT2D eigenvalue weighted by molar-refractivity contribution is -0.132. The van der Waals surface area contributed by atoms with Gasteiger partial charge < -0.3 is 15.1 Å². The van der Waals surface area contributed by atoms with Gasteiger partial charge in [-0.3, -0.25) is 14.4 Å². The van der Waals surface area contributed by atoms with Gasteiger partial charge in [-0.05, 0) is 37.6 Å². The van der Waals surface area contributed by atoms with E-state index in [1.165, 1.54) is 0 Å². The number of piperazine rings is 1. The average molecular weight is 393 g/mol. The zero-order chi connectivity index (χ0) is 20.8. The molecule has 2 aromatic rings. The second kappa shape index (κ2) is 9.37. The molecule has 6 heteroatoms. The average Bonchev–Trinajstić information content (AvgIpc) is 2.74. The van der Waals surface area contributed by atoms with Gasteiger partial charge in [-0.2, -0.15) is 0 Å². The predicted molar refractivity (Wildman–Crippen MR) is 112 cm³/mol. The Kier molecular flexibility index (Phi) is 6.65. The number of nitrogens with zero attached hydrogens (tertiary/aromatic N) is 2. The smallest absolute Gasteiger partial charge is 0.253 e. The van der Waals surface area contributed by atoms with Crippen LogP contribution in [0.3, 0.4) is 0 Å². The Labute approximate surface area is 171 Å². The number of hydrogen-bond donors (Lipinski definition) is 1. The summed E-state index contributed by atoms with van der Waals surface area (Å²) >= 11 is 0. The standard InChI is InChI=1S/C23H27N3O3/c1-17-7-9-19(10-8-17)23(29)26-15-13-25(14-16-26)21(27)11-12-24-22(28)20-6-4-3-5-18(20)2/h3-10H,11-16H2,1-2H3,(H,24,28). The first-order chi connectivity index (χ1) is 14.0. The number of carbonyl (C=O) groups excluding carboxylic acids is 3. The SMILES string of the molecule is Cc1ccc(C(=O)N2CCN(C(=O)CCNC(=O)c3ccccc3C)CC2)cc1. The molecule has 0 radical (unpaired) electrons. The highest BCUT2D eigenvalue weighted by molar-refractivity contribution is 5.96. The van der Waals surface area contributed by atoms with Crippen LogP contribution in [0.1, 0.15) is 38.3 Å². The fraction of sp³-hybridized carbons (Fsp3) is 0.348. The molecule has 1 N–H and O–H groups in total. The Bertz CT molecular complexity index is 884. The summed E-state index contributed by atoms with van der Waals surface area (Å²) in [7, 11) is 0. The summed E-state index contributed by atoms with van der Waals surface area (Å²) in [4.78, 5) is 40.8. The van der Waals surface area contributed by atoms with E-state index in [9.17, 15) is 14.4 Å². The van der Waals surface area contributed by atoms with Gasteiger partial charge in [0.15, 0.2) is 0 Å². The molecule has 0 saturated carbocycles. The maximum absolute atomic E-state index is 12.6. The molecule has 1 aliphatic heterocycles. The molecule has 1 heterocycles. The molecular formula is C23H27N3O3. The number of rotatable bonds is 5. The van der Waals surface area contributed by atoms with E-state index >= 15 is 0 Å². The van der Waals surface area contributed by atoms with Crippen molar-refractivity contribution in [3.05, 3.63) is 70.8 Å². The van der Waals surface area contributed by atoms with Crippen LogP contribution >= 0.6 is 0 Å². The van der Waals surface area contributed by atoms with Gasteiger partial charge in [0.05, 0.1) is 0 Å². The summed E-state index contributed by atoms with van der Waals surface area (Å²) in [6.07, 6.45) is 0.254. The molecule has 1 fully saturated rings. The van der Waals surface area contributed by atoms with Crippen LogP contribution in [-0.4, -0.2) is 60.2 Å². The van der Waals surface area contributed by atoms with Crippen molar-refractivity contribution in [1.29, 1.82) is 0 Å². The molecule has 0 bridgehead atoms. The molecule has 0 spiro atoms. The van der Waals surface area contributed by atoms with Crippen LogP contribution in [-0.2, 0) is 4.79 Å². The Balaban J connectivity index is 1.43. The summed E-state index contributed by atoms with van der Waals surface area (Å²) in [5.74, 6) is -0.162. The van der Waals surface area contributed by atoms with Crippen molar-refractivity contribution in [2.75, 3.05) is 32.7 Å². The van der Waals surface area contributed by atoms with E-state index in [0.717, 1.165) is 11.1 Å². The normalized spacial score (nSPS) is 13.9. The second-order valence-electron chi connectivity index (χ2n) is 7.36. The van der Waals surface area contributed by atoms with Gasteiger partial charge >= 0.3 is 0 Å². The van der Waals surface area contributed by atoms with E-state index in [1.54, 1.807) is 15.9 Å². The summed E-state index contributed by atoms with van der Waals surface area (Å²) in [6, 6.07) is 14.9. The van der Waals surface area contributed by atoms with Crippen LogP contribution in [0, 0.1) is 13.8 Å². The predicted octanol–water partition coefficient (Wildman–Crippen LogP) is 2.41. The van der Waals surface area contributed by atoms with Gasteiger partial charge in [0, 0.05) is 50.3 Å². The fourth-order valence-corrected chi connectivity index (χ4v) is 3.40. The lowest BCUT2D eigenvalue weighted by atomic mass is 10.1. The van der Waals surface area contributed by atoms with Gasteiger partial charge in [-0.15, -0.1) is 0 Å². The highest BCUT2D eigenvalue weighted by Gasteiger charge is 2.24. The third-order valence-electron chi connectivity index (χ3n) is 5.23. The molecule has 2 aromatic carbocycles. The van der Waals surface area contributed by atoms with Crippen molar-refractivity contribution in [1.82, 2.24) is 15.1 Å². The first-order valence-electron chi connectivity index (χ1n) is 9.93. The van der Waals surface area contributed by atoms with Crippen LogP contribution in [0.25, 0.3) is 0 Å². The zero-order valence-electron chi connectivity index (χ0n) is 17.0. The molecular weight excluding hydrogens is 366 g/mol. The quantitative estimate of drug-likeness (QED) is 0.848. The minimum absolute atomic E-state index is 0.00230. The summed E-state index contributed by atoms with van der Waals surface area (Å²) in [5.41, 5.74) is 3.33. The van der Waals surface area contributed by atoms with E-state index in [1.807, 2.05) is 56.3 Å². The third-order valence-corrected chi connectivity index (χ3v) is 5.23. The molecule has 3 rings (SSSR count). The molecule has 6 nitrogen and oxygen atoms in total. The number of benzene rings is 2. The zero-order valence-corrected chi connectivity index (χ0v) is 17.0. The van der Waals surface area contributed by atoms with Gasteiger partial charge in [0.25, 0.3) is 11.8 Å². The largest absolute Gasteiger partial charge is 0.352 e. The van der Waals surface area contributed by atoms with E-state index in [0.29, 0.717) is 43.9 Å². The highest BCUT2D eigenvalue weighted by atomic mass is 16.2. The number of carbonyl (C=O) groups is 3. The van der Waals surface area contributed by atoms with Crippen LogP contribution in [0.2, 0.25) is 0 Å². The monoisotopic (exact) mass is 393 g/mol. The minimum Gasteiger partial charge on any atom is -0.352 e. The summed E-state index contributed by atoms with van der Waals surface area (Å²) in [5, 5.41) is 2.81. The number of aryl methyl sites for hydroxylation is 2. The lowest BCUT2D eigenvalue weighted by Crippen LogP contribution is -2.51. The Morgan fingerprint density at radius 1 is 0.862 bits per heavy atom. The van der Waals surface area contributed by atoms with Crippen molar-refractivity contribution < 1.29 is 14.4 Å². The molecule has 1 saturated heterocycles. The van der Waals surface area contributed by atoms with Gasteiger partial charge in [0.1, 0.15) is 0 Å². The highest BCUT2D eigenvalue weighted by Crippen LogP contribution is 2.11. The van der Waals surface area contributed by atoms with E-state index < -0.39 is 0 Å². The number of amides is 3. The lowest BCUT2D eigenvalue weighted by Gasteiger charge is -2.35. The van der Waals surface area contributed by atoms with Crippen LogP contribution in [0.15, 0.2) is 48.5 Å². The Morgan fingerprint density at radius 3 is 2.14 bits per heavy atom. The van der Waals surface area contributed by atoms with Crippen LogP contribution in [0.4, 0.5) is 0 Å². The van der Waals surface area contributed by atoms with Crippen molar-refractivity contribution >= 4 is 17.7 Å². The minimum atomic E-state index is -0.163. The van der Waals surface area contributed by atoms with E-state index in [-0.39, 0.29) is 24.1 Å². The topological polar surface area (TPSA) is 69.7 Å². The molecule has 3 amide bonds. The number of hydrogen-bond acceptors (Lipinski definition) is 3. The fourth-order valence-electron chi connectivity index (χ4n) is 3.40. The van der Waals surface area contributed by atoms with E-state index in [4.69, 9.17) is 0 Å². The molecule has 29 heavy (non-hydrogen) atoms. The van der Waals surface area contributed by atoms with Crippen molar-refractivity contribution in [3.8, 4) is 0 Å². The molecule has 0 aromatic heterocycles. The first-order valence-corrected chi connectivity index (χ1v) is 9.93. The third kappa shape index (κ3) is 5.22. The molecule has 0 atom stereocenters. The Hall–Kier alpha value is -3.15. The van der Waals surface area contributed by atoms with E-state index in [2.05, 4.69) is 5.32 Å². The van der Waals surface area contributed by atoms with Crippen molar-refractivity contribution in [3.63, 3.8) is 0 Å². The maximum Gasteiger partial charge on any atom is 0.253 e. The van der Waals surface area contributed by atoms with Crippen LogP contribution in [0.5, 0.6) is 0 Å². The van der Waals surface area contributed by atoms with Crippen molar-refractivity contribution in [2.24, 2.45) is 0 Å². The maximum atomic E-state index is 12.6. The molecule has 1 aliphatic rings. The Morgan fingerprint density at radius 2 is 1.48 bits per heavy atom. The molecule has 0 unspecified atom stereocenters. The molecule has 152 valence electrons. The number of nitrogens with one attached hydrogen (secondary N) is 1.